The fourth-order valence-corrected chi connectivity index (χ4v) is 4.17. The molecule has 1 heterocycles. The van der Waals surface area contributed by atoms with Crippen LogP contribution in [0.4, 0.5) is 0 Å². The molecule has 1 aromatic heterocycles. The molecule has 0 saturated heterocycles. The van der Waals surface area contributed by atoms with E-state index in [1.807, 2.05) is 66.7 Å². The van der Waals surface area contributed by atoms with Crippen LogP contribution in [0.25, 0.3) is 22.5 Å². The Morgan fingerprint density at radius 3 is 2.50 bits per heavy atom. The molecule has 1 amide bonds. The van der Waals surface area contributed by atoms with E-state index in [0.717, 1.165) is 41.8 Å². The van der Waals surface area contributed by atoms with Crippen molar-refractivity contribution in [2.45, 2.75) is 25.3 Å². The van der Waals surface area contributed by atoms with Crippen LogP contribution in [-0.4, -0.2) is 16.1 Å². The van der Waals surface area contributed by atoms with E-state index >= 15 is 0 Å². The van der Waals surface area contributed by atoms with Crippen LogP contribution in [0.15, 0.2) is 84.9 Å². The molecule has 0 radical (unpaired) electrons. The van der Waals surface area contributed by atoms with Crippen LogP contribution in [0.1, 0.15) is 40.4 Å². The van der Waals surface area contributed by atoms with E-state index in [2.05, 4.69) is 33.7 Å². The maximum atomic E-state index is 12.8. The summed E-state index contributed by atoms with van der Waals surface area (Å²) in [4.78, 5) is 12.8. The average molecular weight is 393 g/mol. The molecule has 2 N–H and O–H groups in total. The van der Waals surface area contributed by atoms with E-state index in [1.54, 1.807) is 0 Å². The number of aryl methyl sites for hydroxylation is 1. The second kappa shape index (κ2) is 7.99. The second-order valence-corrected chi connectivity index (χ2v) is 7.73. The Morgan fingerprint density at radius 1 is 0.900 bits per heavy atom. The first-order valence-electron chi connectivity index (χ1n) is 10.4. The standard InChI is InChI=1S/C26H23N3O/c30-26(27-23-12-6-10-18-7-4-5-11-22(18)23)21-15-13-20(14-16-21)25-17-24(28-29-25)19-8-2-1-3-9-19/h1-5,7-9,11,13-17,23H,6,10,12H2,(H,27,30)(H,28,29)/t23-/m0/s1. The zero-order chi connectivity index (χ0) is 20.3. The quantitative estimate of drug-likeness (QED) is 0.477. The maximum Gasteiger partial charge on any atom is 0.251 e. The molecule has 30 heavy (non-hydrogen) atoms. The number of aromatic amines is 1. The molecular formula is C26H23N3O. The second-order valence-electron chi connectivity index (χ2n) is 7.73. The van der Waals surface area contributed by atoms with E-state index < -0.39 is 0 Å². The number of hydrogen-bond donors (Lipinski definition) is 2. The van der Waals surface area contributed by atoms with Gasteiger partial charge in [0.15, 0.2) is 0 Å². The minimum absolute atomic E-state index is 0.0298. The van der Waals surface area contributed by atoms with Gasteiger partial charge < -0.3 is 5.32 Å². The van der Waals surface area contributed by atoms with Crippen LogP contribution in [0.5, 0.6) is 0 Å². The molecule has 0 aliphatic heterocycles. The molecule has 3 aromatic carbocycles. The first kappa shape index (κ1) is 18.4. The minimum atomic E-state index is -0.0298. The lowest BCUT2D eigenvalue weighted by molar-refractivity contribution is 0.0933. The van der Waals surface area contributed by atoms with E-state index in [0.29, 0.717) is 5.56 Å². The van der Waals surface area contributed by atoms with Crippen molar-refractivity contribution in [1.29, 1.82) is 0 Å². The van der Waals surface area contributed by atoms with Crippen molar-refractivity contribution in [2.24, 2.45) is 0 Å². The van der Waals surface area contributed by atoms with Gasteiger partial charge in [-0.15, -0.1) is 0 Å². The van der Waals surface area contributed by atoms with Crippen molar-refractivity contribution in [2.75, 3.05) is 0 Å². The van der Waals surface area contributed by atoms with Gasteiger partial charge >= 0.3 is 0 Å². The Balaban J connectivity index is 1.31. The van der Waals surface area contributed by atoms with Crippen LogP contribution < -0.4 is 5.32 Å². The largest absolute Gasteiger partial charge is 0.345 e. The number of benzene rings is 3. The lowest BCUT2D eigenvalue weighted by atomic mass is 9.87. The van der Waals surface area contributed by atoms with Gasteiger partial charge in [0.2, 0.25) is 0 Å². The summed E-state index contributed by atoms with van der Waals surface area (Å²) < 4.78 is 0. The van der Waals surface area contributed by atoms with Gasteiger partial charge in [-0.1, -0.05) is 66.7 Å². The number of hydrogen-bond acceptors (Lipinski definition) is 2. The topological polar surface area (TPSA) is 57.8 Å². The van der Waals surface area contributed by atoms with Crippen molar-refractivity contribution >= 4 is 5.91 Å². The summed E-state index contributed by atoms with van der Waals surface area (Å²) in [6, 6.07) is 28.3. The van der Waals surface area contributed by atoms with E-state index in [9.17, 15) is 4.79 Å². The third kappa shape index (κ3) is 3.64. The van der Waals surface area contributed by atoms with Gasteiger partial charge in [0.1, 0.15) is 0 Å². The number of carbonyl (C=O) groups is 1. The third-order valence-electron chi connectivity index (χ3n) is 5.78. The summed E-state index contributed by atoms with van der Waals surface area (Å²) in [6.07, 6.45) is 3.17. The molecule has 0 spiro atoms. The van der Waals surface area contributed by atoms with Gasteiger partial charge in [0, 0.05) is 11.1 Å². The van der Waals surface area contributed by atoms with Crippen molar-refractivity contribution in [1.82, 2.24) is 15.5 Å². The number of aromatic nitrogens is 2. The molecule has 0 unspecified atom stereocenters. The van der Waals surface area contributed by atoms with E-state index in [1.165, 1.54) is 11.1 Å². The van der Waals surface area contributed by atoms with Crippen LogP contribution in [0.2, 0.25) is 0 Å². The molecule has 1 aliphatic rings. The number of nitrogens with one attached hydrogen (secondary N) is 2. The SMILES string of the molecule is O=C(N[C@H]1CCCc2ccccc21)c1ccc(-c2cc(-c3ccccc3)n[nH]2)cc1. The monoisotopic (exact) mass is 393 g/mol. The minimum Gasteiger partial charge on any atom is -0.345 e. The molecule has 0 fully saturated rings. The highest BCUT2D eigenvalue weighted by Gasteiger charge is 2.21. The first-order valence-corrected chi connectivity index (χ1v) is 10.4. The van der Waals surface area contributed by atoms with Gasteiger partial charge in [-0.3, -0.25) is 9.89 Å². The van der Waals surface area contributed by atoms with E-state index in [-0.39, 0.29) is 11.9 Å². The van der Waals surface area contributed by atoms with Crippen molar-refractivity contribution < 1.29 is 4.79 Å². The molecule has 5 rings (SSSR count). The Hall–Kier alpha value is -3.66. The molecule has 4 aromatic rings. The third-order valence-corrected chi connectivity index (χ3v) is 5.78. The van der Waals surface area contributed by atoms with Crippen molar-refractivity contribution in [3.8, 4) is 22.5 Å². The summed E-state index contributed by atoms with van der Waals surface area (Å²) in [7, 11) is 0. The number of nitrogens with zero attached hydrogens (tertiary/aromatic N) is 1. The summed E-state index contributed by atoms with van der Waals surface area (Å²) in [5.74, 6) is -0.0298. The van der Waals surface area contributed by atoms with Crippen molar-refractivity contribution in [3.63, 3.8) is 0 Å². The predicted molar refractivity (Wildman–Crippen MR) is 119 cm³/mol. The average Bonchev–Trinajstić information content (AvgIpc) is 3.30. The van der Waals surface area contributed by atoms with Crippen LogP contribution >= 0.6 is 0 Å². The zero-order valence-corrected chi connectivity index (χ0v) is 16.6. The Morgan fingerprint density at radius 2 is 1.67 bits per heavy atom. The molecule has 0 saturated carbocycles. The summed E-state index contributed by atoms with van der Waals surface area (Å²) >= 11 is 0. The van der Waals surface area contributed by atoms with Gasteiger partial charge in [-0.2, -0.15) is 5.10 Å². The van der Waals surface area contributed by atoms with E-state index in [4.69, 9.17) is 0 Å². The Labute approximate surface area is 176 Å². The Kier molecular flexibility index (Phi) is 4.89. The number of amides is 1. The number of rotatable bonds is 4. The molecule has 1 atom stereocenters. The normalized spacial score (nSPS) is 15.4. The molecule has 4 nitrogen and oxygen atoms in total. The van der Waals surface area contributed by atoms with Crippen LogP contribution in [-0.2, 0) is 6.42 Å². The lowest BCUT2D eigenvalue weighted by Gasteiger charge is -2.26. The van der Waals surface area contributed by atoms with Gasteiger partial charge in [0.25, 0.3) is 5.91 Å². The summed E-state index contributed by atoms with van der Waals surface area (Å²) in [5.41, 5.74) is 7.18. The molecular weight excluding hydrogens is 370 g/mol. The maximum absolute atomic E-state index is 12.8. The molecule has 4 heteroatoms. The first-order chi connectivity index (χ1) is 14.8. The number of fused-ring (bicyclic) bond motifs is 1. The molecule has 148 valence electrons. The highest BCUT2D eigenvalue weighted by molar-refractivity contribution is 5.95. The smallest absolute Gasteiger partial charge is 0.251 e. The summed E-state index contributed by atoms with van der Waals surface area (Å²) in [5, 5.41) is 10.7. The molecule has 0 bridgehead atoms. The number of H-pyrrole nitrogens is 1. The van der Waals surface area contributed by atoms with Gasteiger partial charge in [-0.05, 0) is 54.2 Å². The zero-order valence-electron chi connectivity index (χ0n) is 16.6. The highest BCUT2D eigenvalue weighted by atomic mass is 16.1. The van der Waals surface area contributed by atoms with Gasteiger partial charge in [-0.25, -0.2) is 0 Å². The molecule has 1 aliphatic carbocycles. The fraction of sp³-hybridized carbons (Fsp3) is 0.154. The van der Waals surface area contributed by atoms with Crippen LogP contribution in [0, 0.1) is 0 Å². The summed E-state index contributed by atoms with van der Waals surface area (Å²) in [6.45, 7) is 0. The van der Waals surface area contributed by atoms with Crippen molar-refractivity contribution in [3.05, 3.63) is 102 Å². The highest BCUT2D eigenvalue weighted by Crippen LogP contribution is 2.30. The lowest BCUT2D eigenvalue weighted by Crippen LogP contribution is -2.30. The predicted octanol–water partition coefficient (Wildman–Crippen LogP) is 5.55. The number of carbonyl (C=O) groups excluding carboxylic acids is 1. The van der Waals surface area contributed by atoms with Gasteiger partial charge in [0.05, 0.1) is 17.4 Å². The fourth-order valence-electron chi connectivity index (χ4n) is 4.17. The van der Waals surface area contributed by atoms with Crippen LogP contribution in [0.3, 0.4) is 0 Å². The Bertz CT molecular complexity index is 1160.